The molecule has 0 bridgehead atoms. The molecule has 0 spiro atoms. The summed E-state index contributed by atoms with van der Waals surface area (Å²) in [5, 5.41) is 0. The zero-order chi connectivity index (χ0) is 20.2. The molecule has 0 aliphatic carbocycles. The van der Waals surface area contributed by atoms with E-state index in [4.69, 9.17) is 4.98 Å². The number of nitrogens with zero attached hydrogens (tertiary/aromatic N) is 4. The first-order valence-electron chi connectivity index (χ1n) is 9.73. The molecule has 5 aromatic rings. The van der Waals surface area contributed by atoms with Crippen molar-refractivity contribution in [3.05, 3.63) is 110 Å². The molecule has 0 aliphatic heterocycles. The van der Waals surface area contributed by atoms with Gasteiger partial charge < -0.3 is 0 Å². The highest BCUT2D eigenvalue weighted by Crippen LogP contribution is 2.25. The Kier molecular flexibility index (Phi) is 4.80. The Morgan fingerprint density at radius 2 is 0.867 bits per heavy atom. The number of rotatable bonds is 4. The minimum atomic E-state index is 0.703. The first kappa shape index (κ1) is 17.9. The molecule has 0 unspecified atom stereocenters. The van der Waals surface area contributed by atoms with Gasteiger partial charge in [0, 0.05) is 40.8 Å². The molecule has 0 fully saturated rings. The number of aromatic nitrogens is 4. The van der Waals surface area contributed by atoms with Crippen molar-refractivity contribution in [3.8, 4) is 45.2 Å². The average molecular weight is 386 g/mol. The van der Waals surface area contributed by atoms with Crippen LogP contribution in [0.2, 0.25) is 0 Å². The molecule has 0 radical (unpaired) electrons. The molecule has 5 rings (SSSR count). The minimum absolute atomic E-state index is 0.703. The third kappa shape index (κ3) is 3.71. The third-order valence-corrected chi connectivity index (χ3v) is 4.90. The zero-order valence-corrected chi connectivity index (χ0v) is 16.2. The summed E-state index contributed by atoms with van der Waals surface area (Å²) < 4.78 is 0. The van der Waals surface area contributed by atoms with Gasteiger partial charge in [-0.05, 0) is 30.3 Å². The van der Waals surface area contributed by atoms with Gasteiger partial charge in [-0.1, -0.05) is 60.7 Å². The predicted molar refractivity (Wildman–Crippen MR) is 119 cm³/mol. The molecule has 4 heteroatoms. The first-order chi connectivity index (χ1) is 14.9. The van der Waals surface area contributed by atoms with Crippen LogP contribution < -0.4 is 0 Å². The van der Waals surface area contributed by atoms with Crippen LogP contribution in [0.25, 0.3) is 45.2 Å². The van der Waals surface area contributed by atoms with Gasteiger partial charge in [-0.2, -0.15) is 0 Å². The maximum absolute atomic E-state index is 4.78. The minimum Gasteiger partial charge on any atom is -0.256 e. The van der Waals surface area contributed by atoms with Crippen molar-refractivity contribution in [2.24, 2.45) is 0 Å². The van der Waals surface area contributed by atoms with E-state index in [1.54, 1.807) is 18.6 Å². The molecular weight excluding hydrogens is 368 g/mol. The van der Waals surface area contributed by atoms with Crippen LogP contribution in [0, 0.1) is 0 Å². The van der Waals surface area contributed by atoms with Crippen molar-refractivity contribution in [1.29, 1.82) is 0 Å². The van der Waals surface area contributed by atoms with Gasteiger partial charge in [-0.25, -0.2) is 9.97 Å². The van der Waals surface area contributed by atoms with Crippen molar-refractivity contribution in [3.63, 3.8) is 0 Å². The van der Waals surface area contributed by atoms with Gasteiger partial charge in [0.25, 0.3) is 0 Å². The maximum atomic E-state index is 4.78. The van der Waals surface area contributed by atoms with Gasteiger partial charge in [0.2, 0.25) is 0 Å². The number of benzene rings is 2. The molecule has 2 aromatic carbocycles. The quantitative estimate of drug-likeness (QED) is 0.384. The largest absolute Gasteiger partial charge is 0.256 e. The molecule has 0 aliphatic rings. The molecule has 0 atom stereocenters. The summed E-state index contributed by atoms with van der Waals surface area (Å²) in [6.07, 6.45) is 5.41. The lowest BCUT2D eigenvalue weighted by atomic mass is 10.1. The van der Waals surface area contributed by atoms with E-state index >= 15 is 0 Å². The van der Waals surface area contributed by atoms with Crippen LogP contribution in [-0.4, -0.2) is 19.9 Å². The van der Waals surface area contributed by atoms with Gasteiger partial charge in [-0.15, -0.1) is 0 Å². The van der Waals surface area contributed by atoms with E-state index in [2.05, 4.69) is 51.4 Å². The highest BCUT2D eigenvalue weighted by atomic mass is 14.9. The van der Waals surface area contributed by atoms with Crippen LogP contribution >= 0.6 is 0 Å². The van der Waals surface area contributed by atoms with Crippen LogP contribution in [0.4, 0.5) is 0 Å². The van der Waals surface area contributed by atoms with Crippen LogP contribution in [0.5, 0.6) is 0 Å². The molecule has 3 aromatic heterocycles. The van der Waals surface area contributed by atoms with Gasteiger partial charge in [0.15, 0.2) is 5.82 Å². The fraction of sp³-hybridized carbons (Fsp3) is 0. The Labute approximate surface area is 175 Å². The second-order valence-corrected chi connectivity index (χ2v) is 6.85. The van der Waals surface area contributed by atoms with Gasteiger partial charge in [-0.3, -0.25) is 9.97 Å². The Bertz CT molecular complexity index is 1150. The molecule has 0 saturated heterocycles. The van der Waals surface area contributed by atoms with Crippen LogP contribution in [0.3, 0.4) is 0 Å². The Balaban J connectivity index is 1.42. The van der Waals surface area contributed by atoms with Crippen LogP contribution in [-0.2, 0) is 0 Å². The summed E-state index contributed by atoms with van der Waals surface area (Å²) >= 11 is 0. The zero-order valence-electron chi connectivity index (χ0n) is 16.2. The average Bonchev–Trinajstić information content (AvgIpc) is 2.85. The van der Waals surface area contributed by atoms with Crippen molar-refractivity contribution in [2.45, 2.75) is 0 Å². The molecule has 0 N–H and O–H groups in total. The summed E-state index contributed by atoms with van der Waals surface area (Å²) in [5.74, 6) is 0.703. The molecule has 142 valence electrons. The fourth-order valence-electron chi connectivity index (χ4n) is 3.33. The number of hydrogen-bond donors (Lipinski definition) is 0. The van der Waals surface area contributed by atoms with E-state index in [0.717, 1.165) is 39.3 Å². The van der Waals surface area contributed by atoms with Crippen molar-refractivity contribution >= 4 is 0 Å². The normalized spacial score (nSPS) is 10.7. The second kappa shape index (κ2) is 8.05. The predicted octanol–water partition coefficient (Wildman–Crippen LogP) is 5.93. The fourth-order valence-corrected chi connectivity index (χ4v) is 3.33. The van der Waals surface area contributed by atoms with E-state index < -0.39 is 0 Å². The molecule has 0 saturated carbocycles. The number of hydrogen-bond acceptors (Lipinski definition) is 4. The van der Waals surface area contributed by atoms with Crippen LogP contribution in [0.1, 0.15) is 0 Å². The van der Waals surface area contributed by atoms with E-state index in [9.17, 15) is 0 Å². The van der Waals surface area contributed by atoms with Crippen molar-refractivity contribution in [1.82, 2.24) is 19.9 Å². The summed E-state index contributed by atoms with van der Waals surface area (Å²) in [4.78, 5) is 18.0. The summed E-state index contributed by atoms with van der Waals surface area (Å²) in [5.41, 5.74) is 6.97. The number of pyridine rings is 2. The van der Waals surface area contributed by atoms with E-state index in [-0.39, 0.29) is 0 Å². The monoisotopic (exact) mass is 386 g/mol. The Hall–Kier alpha value is -4.18. The summed E-state index contributed by atoms with van der Waals surface area (Å²) in [6.45, 7) is 0. The highest BCUT2D eigenvalue weighted by Gasteiger charge is 2.07. The third-order valence-electron chi connectivity index (χ3n) is 4.90. The van der Waals surface area contributed by atoms with Gasteiger partial charge >= 0.3 is 0 Å². The first-order valence-corrected chi connectivity index (χ1v) is 9.73. The van der Waals surface area contributed by atoms with Crippen LogP contribution in [0.15, 0.2) is 110 Å². The lowest BCUT2D eigenvalue weighted by molar-refractivity contribution is 1.18. The molecule has 0 amide bonds. The van der Waals surface area contributed by atoms with E-state index in [0.29, 0.717) is 5.82 Å². The molecule has 3 heterocycles. The second-order valence-electron chi connectivity index (χ2n) is 6.85. The molecular formula is C26H18N4. The molecule has 30 heavy (non-hydrogen) atoms. The van der Waals surface area contributed by atoms with E-state index in [1.165, 1.54) is 0 Å². The lowest BCUT2D eigenvalue weighted by Gasteiger charge is -2.07. The van der Waals surface area contributed by atoms with Crippen molar-refractivity contribution < 1.29 is 0 Å². The SMILES string of the molecule is c1ccc(-c2ccc(-c3ccnc(-c4ccc(-c5ccccn5)cc4)n3)cc2)nc1. The summed E-state index contributed by atoms with van der Waals surface area (Å²) in [6, 6.07) is 30.2. The maximum Gasteiger partial charge on any atom is 0.159 e. The van der Waals surface area contributed by atoms with Gasteiger partial charge in [0.1, 0.15) is 0 Å². The van der Waals surface area contributed by atoms with E-state index in [1.807, 2.05) is 54.6 Å². The smallest absolute Gasteiger partial charge is 0.159 e. The highest BCUT2D eigenvalue weighted by molar-refractivity contribution is 5.69. The Morgan fingerprint density at radius 1 is 0.367 bits per heavy atom. The Morgan fingerprint density at radius 3 is 1.37 bits per heavy atom. The lowest BCUT2D eigenvalue weighted by Crippen LogP contribution is -1.92. The van der Waals surface area contributed by atoms with Gasteiger partial charge in [0.05, 0.1) is 17.1 Å². The standard InChI is InChI=1S/C26H18N4/c1-3-16-27-23(5-1)19-7-9-21(10-8-19)25-15-18-29-26(30-25)22-13-11-20(12-14-22)24-6-2-4-17-28-24/h1-18H. The molecule has 4 nitrogen and oxygen atoms in total. The topological polar surface area (TPSA) is 51.6 Å². The summed E-state index contributed by atoms with van der Waals surface area (Å²) in [7, 11) is 0. The van der Waals surface area contributed by atoms with Crippen molar-refractivity contribution in [2.75, 3.05) is 0 Å².